The molecule has 5 aromatic rings. The van der Waals surface area contributed by atoms with Crippen LogP contribution in [0.2, 0.25) is 0 Å². The summed E-state index contributed by atoms with van der Waals surface area (Å²) in [6.45, 7) is 5.89. The summed E-state index contributed by atoms with van der Waals surface area (Å²) in [5.74, 6) is -0.627. The number of hydrogen-bond donors (Lipinski definition) is 1. The normalized spacial score (nSPS) is 11.3. The maximum absolute atomic E-state index is 13.2. The van der Waals surface area contributed by atoms with Gasteiger partial charge < -0.3 is 13.8 Å². The van der Waals surface area contributed by atoms with Gasteiger partial charge in [0.05, 0.1) is 10.9 Å². The average Bonchev–Trinajstić information content (AvgIpc) is 3.14. The first-order chi connectivity index (χ1) is 16.4. The van der Waals surface area contributed by atoms with Crippen molar-refractivity contribution in [3.05, 3.63) is 87.8 Å². The van der Waals surface area contributed by atoms with Crippen LogP contribution in [-0.4, -0.2) is 16.3 Å². The van der Waals surface area contributed by atoms with Gasteiger partial charge in [0.1, 0.15) is 11.8 Å². The Bertz CT molecular complexity index is 1680. The van der Waals surface area contributed by atoms with Gasteiger partial charge in [-0.05, 0) is 43.7 Å². The van der Waals surface area contributed by atoms with Gasteiger partial charge in [0.2, 0.25) is 5.43 Å². The summed E-state index contributed by atoms with van der Waals surface area (Å²) < 4.78 is 7.79. The second-order valence-electron chi connectivity index (χ2n) is 8.16. The number of hydrogen-bond acceptors (Lipinski definition) is 6. The van der Waals surface area contributed by atoms with Gasteiger partial charge in [-0.3, -0.25) is 14.4 Å². The highest BCUT2D eigenvalue weighted by Gasteiger charge is 2.18. The predicted molar refractivity (Wildman–Crippen MR) is 131 cm³/mol. The van der Waals surface area contributed by atoms with Crippen molar-refractivity contribution in [3.8, 4) is 0 Å². The Hall–Kier alpha value is -4.39. The van der Waals surface area contributed by atoms with E-state index < -0.39 is 5.97 Å². The molecule has 0 atom stereocenters. The van der Waals surface area contributed by atoms with Crippen molar-refractivity contribution in [1.82, 2.24) is 4.57 Å². The molecule has 0 radical (unpaired) electrons. The fourth-order valence-corrected chi connectivity index (χ4v) is 4.38. The number of aryl methyl sites for hydroxylation is 2. The fourth-order valence-electron chi connectivity index (χ4n) is 4.38. The molecule has 0 aliphatic rings. The van der Waals surface area contributed by atoms with Crippen LogP contribution in [0.15, 0.2) is 70.1 Å². The maximum Gasteiger partial charge on any atom is 0.329 e. The van der Waals surface area contributed by atoms with Crippen molar-refractivity contribution in [1.29, 1.82) is 0 Å². The number of nitrogens with one attached hydrogen (secondary N) is 1. The minimum Gasteiger partial charge on any atom is -0.462 e. The Kier molecular flexibility index (Phi) is 5.17. The molecule has 0 unspecified atom stereocenters. The third kappa shape index (κ3) is 3.42. The maximum atomic E-state index is 13.2. The third-order valence-electron chi connectivity index (χ3n) is 6.03. The number of ketones is 1. The molecule has 1 N–H and O–H groups in total. The predicted octanol–water partition coefficient (Wildman–Crippen LogP) is 5.35. The Morgan fingerprint density at radius 2 is 1.76 bits per heavy atom. The van der Waals surface area contributed by atoms with Gasteiger partial charge in [-0.15, -0.1) is 0 Å². The Morgan fingerprint density at radius 3 is 2.50 bits per heavy atom. The van der Waals surface area contributed by atoms with E-state index in [9.17, 15) is 14.4 Å². The zero-order chi connectivity index (χ0) is 24.0. The molecule has 0 aliphatic heterocycles. The van der Waals surface area contributed by atoms with E-state index in [1.165, 1.54) is 13.2 Å². The van der Waals surface area contributed by atoms with Crippen molar-refractivity contribution in [2.75, 3.05) is 5.48 Å². The molecule has 0 aliphatic carbocycles. The van der Waals surface area contributed by atoms with E-state index in [0.717, 1.165) is 27.4 Å². The lowest BCUT2D eigenvalue weighted by atomic mass is 9.98. The van der Waals surface area contributed by atoms with Crippen molar-refractivity contribution >= 4 is 50.2 Å². The Morgan fingerprint density at radius 1 is 1.00 bits per heavy atom. The summed E-state index contributed by atoms with van der Waals surface area (Å²) >= 11 is 0. The van der Waals surface area contributed by atoms with Gasteiger partial charge in [0.15, 0.2) is 11.5 Å². The van der Waals surface area contributed by atoms with Crippen LogP contribution in [0, 0.1) is 6.92 Å². The minimum atomic E-state index is -0.577. The molecule has 34 heavy (non-hydrogen) atoms. The summed E-state index contributed by atoms with van der Waals surface area (Å²) in [7, 11) is 0. The van der Waals surface area contributed by atoms with E-state index in [0.29, 0.717) is 28.6 Å². The lowest BCUT2D eigenvalue weighted by Gasteiger charge is -2.06. The largest absolute Gasteiger partial charge is 0.462 e. The van der Waals surface area contributed by atoms with Gasteiger partial charge in [0, 0.05) is 47.0 Å². The molecule has 0 fully saturated rings. The van der Waals surface area contributed by atoms with Gasteiger partial charge in [-0.2, -0.15) is 0 Å². The first-order valence-corrected chi connectivity index (χ1v) is 10.9. The number of rotatable bonds is 5. The van der Waals surface area contributed by atoms with E-state index in [1.54, 1.807) is 6.07 Å². The van der Waals surface area contributed by atoms with E-state index >= 15 is 0 Å². The summed E-state index contributed by atoms with van der Waals surface area (Å²) in [5, 5.41) is 2.05. The van der Waals surface area contributed by atoms with Crippen molar-refractivity contribution in [3.63, 3.8) is 0 Å². The molecule has 7 nitrogen and oxygen atoms in total. The van der Waals surface area contributed by atoms with Gasteiger partial charge in [-0.1, -0.05) is 24.3 Å². The number of carbonyl (C=O) groups is 2. The zero-order valence-electron chi connectivity index (χ0n) is 19.0. The monoisotopic (exact) mass is 454 g/mol. The number of aromatic nitrogens is 1. The molecule has 2 heterocycles. The topological polar surface area (TPSA) is 90.5 Å². The molecule has 0 saturated carbocycles. The van der Waals surface area contributed by atoms with Crippen molar-refractivity contribution in [2.24, 2.45) is 0 Å². The number of anilines is 1. The zero-order valence-corrected chi connectivity index (χ0v) is 19.0. The second kappa shape index (κ2) is 8.19. The van der Waals surface area contributed by atoms with Crippen molar-refractivity contribution in [2.45, 2.75) is 27.3 Å². The van der Waals surface area contributed by atoms with Crippen LogP contribution in [0.4, 0.5) is 5.69 Å². The van der Waals surface area contributed by atoms with Crippen molar-refractivity contribution < 1.29 is 18.8 Å². The lowest BCUT2D eigenvalue weighted by molar-refractivity contribution is -0.138. The molecule has 0 saturated heterocycles. The van der Waals surface area contributed by atoms with E-state index in [4.69, 9.17) is 9.25 Å². The Balaban J connectivity index is 1.73. The molecule has 170 valence electrons. The second-order valence-corrected chi connectivity index (χ2v) is 8.16. The number of nitrogens with zero attached hydrogens (tertiary/aromatic N) is 1. The summed E-state index contributed by atoms with van der Waals surface area (Å²) in [4.78, 5) is 42.1. The number of benzene rings is 3. The van der Waals surface area contributed by atoms with Crippen LogP contribution in [0.25, 0.3) is 32.8 Å². The summed E-state index contributed by atoms with van der Waals surface area (Å²) in [6.07, 6.45) is 1.23. The number of fused-ring (bicyclic) bond motifs is 4. The molecule has 2 aromatic heterocycles. The molecule has 0 spiro atoms. The molecule has 3 aromatic carbocycles. The van der Waals surface area contributed by atoms with Crippen LogP contribution in [-0.2, 0) is 16.2 Å². The van der Waals surface area contributed by atoms with Crippen LogP contribution in [0.3, 0.4) is 0 Å². The smallest absolute Gasteiger partial charge is 0.329 e. The van der Waals surface area contributed by atoms with Gasteiger partial charge >= 0.3 is 5.97 Å². The van der Waals surface area contributed by atoms with Crippen LogP contribution < -0.4 is 10.9 Å². The van der Waals surface area contributed by atoms with E-state index in [-0.39, 0.29) is 16.9 Å². The Labute approximate surface area is 194 Å². The van der Waals surface area contributed by atoms with E-state index in [2.05, 4.69) is 10.0 Å². The molecule has 7 heteroatoms. The van der Waals surface area contributed by atoms with Crippen LogP contribution >= 0.6 is 0 Å². The molecule has 5 rings (SSSR count). The highest BCUT2D eigenvalue weighted by atomic mass is 16.7. The molecular weight excluding hydrogens is 432 g/mol. The molecule has 0 amide bonds. The SMILES string of the molecule is CCn1c2ccc(C(=O)c3ccccc3C)cc2c2cc3c(=O)c(NOC(C)=O)coc3cc21. The third-order valence-corrected chi connectivity index (χ3v) is 6.03. The first kappa shape index (κ1) is 21.5. The highest BCUT2D eigenvalue weighted by molar-refractivity contribution is 6.16. The first-order valence-electron chi connectivity index (χ1n) is 10.9. The molecule has 0 bridgehead atoms. The van der Waals surface area contributed by atoms with Crippen LogP contribution in [0.5, 0.6) is 0 Å². The highest BCUT2D eigenvalue weighted by Crippen LogP contribution is 2.33. The standard InChI is InChI=1S/C27H22N2O5/c1-4-29-23-10-9-17(26(31)18-8-6-5-7-15(18)2)11-19(23)20-12-21-25(13-24(20)29)33-14-22(27(21)32)28-34-16(3)30/h5-14,28H,4H2,1-3H3. The van der Waals surface area contributed by atoms with Gasteiger partial charge in [-0.25, -0.2) is 5.48 Å². The van der Waals surface area contributed by atoms with E-state index in [1.807, 2.05) is 62.4 Å². The van der Waals surface area contributed by atoms with Crippen LogP contribution in [0.1, 0.15) is 35.3 Å². The fraction of sp³-hybridized carbons (Fsp3) is 0.148. The minimum absolute atomic E-state index is 0.0247. The van der Waals surface area contributed by atoms with Gasteiger partial charge in [0.25, 0.3) is 0 Å². The lowest BCUT2D eigenvalue weighted by Crippen LogP contribution is -2.14. The summed E-state index contributed by atoms with van der Waals surface area (Å²) in [5.41, 5.74) is 6.45. The summed E-state index contributed by atoms with van der Waals surface area (Å²) in [6, 6.07) is 16.8. The quantitative estimate of drug-likeness (QED) is 0.284. The number of carbonyl (C=O) groups excluding carboxylic acids is 2. The molecular formula is C27H22N2O5. The average molecular weight is 454 g/mol.